The van der Waals surface area contributed by atoms with Gasteiger partial charge in [-0.25, -0.2) is 4.39 Å². The summed E-state index contributed by atoms with van der Waals surface area (Å²) < 4.78 is 163. The first kappa shape index (κ1) is 37.2. The van der Waals surface area contributed by atoms with E-state index in [1.807, 2.05) is 0 Å². The summed E-state index contributed by atoms with van der Waals surface area (Å²) in [7, 11) is 0. The average Bonchev–Trinajstić information content (AvgIpc) is 2.68. The van der Waals surface area contributed by atoms with E-state index in [-0.39, 0.29) is 8.95 Å². The zero-order chi connectivity index (χ0) is 31.4. The Morgan fingerprint density at radius 1 is 0.615 bits per heavy atom. The van der Waals surface area contributed by atoms with Gasteiger partial charge in [-0.05, 0) is 64.1 Å². The molecule has 0 amide bonds. The van der Waals surface area contributed by atoms with Gasteiger partial charge in [0.1, 0.15) is 11.6 Å². The molecule has 224 valence electrons. The minimum Gasteiger partial charge on any atom is -0.478 e. The van der Waals surface area contributed by atoms with Crippen molar-refractivity contribution < 1.29 is 66.9 Å². The molecule has 39 heavy (non-hydrogen) atoms. The highest BCUT2D eigenvalue weighted by Gasteiger charge is 2.51. The van der Waals surface area contributed by atoms with Gasteiger partial charge < -0.3 is 9.84 Å². The summed E-state index contributed by atoms with van der Waals surface area (Å²) in [6.45, 7) is 2.73. The fourth-order valence-corrected chi connectivity index (χ4v) is 2.58. The van der Waals surface area contributed by atoms with Crippen molar-refractivity contribution in [3.8, 4) is 5.75 Å². The maximum absolute atomic E-state index is 12.7. The molecule has 0 aliphatic rings. The first-order chi connectivity index (χ1) is 17.0. The number of hydrogen-bond donors (Lipinski definition) is 1. The fraction of sp³-hybridized carbons (Fsp3) is 0.455. The highest BCUT2D eigenvalue weighted by atomic mass is 79.9. The zero-order valence-electron chi connectivity index (χ0n) is 20.0. The number of hydrogen-bond acceptors (Lipinski definition) is 2. The van der Waals surface area contributed by atoms with Gasteiger partial charge in [0.05, 0.1) is 11.1 Å². The molecule has 0 aliphatic heterocycles. The van der Waals surface area contributed by atoms with Crippen LogP contribution in [-0.4, -0.2) is 28.7 Å². The van der Waals surface area contributed by atoms with Gasteiger partial charge in [-0.15, -0.1) is 0 Å². The molecular weight excluding hydrogens is 703 g/mol. The van der Waals surface area contributed by atoms with Crippen molar-refractivity contribution in [1.82, 2.24) is 0 Å². The average molecular weight is 722 g/mol. The van der Waals surface area contributed by atoms with Crippen LogP contribution in [0.25, 0.3) is 0 Å². The van der Waals surface area contributed by atoms with Gasteiger partial charge in [-0.1, -0.05) is 31.9 Å². The quantitative estimate of drug-likeness (QED) is 0.313. The van der Waals surface area contributed by atoms with Crippen molar-refractivity contribution in [1.29, 1.82) is 0 Å². The van der Waals surface area contributed by atoms with Crippen LogP contribution in [0.4, 0.5) is 57.1 Å². The van der Waals surface area contributed by atoms with Gasteiger partial charge in [0, 0.05) is 8.95 Å². The lowest BCUT2D eigenvalue weighted by Crippen LogP contribution is -2.44. The van der Waals surface area contributed by atoms with Gasteiger partial charge in [-0.3, -0.25) is 0 Å². The molecule has 0 saturated heterocycles. The summed E-state index contributed by atoms with van der Waals surface area (Å²) in [4.78, 5) is 0. The molecule has 0 fully saturated rings. The van der Waals surface area contributed by atoms with Crippen LogP contribution >= 0.6 is 31.9 Å². The van der Waals surface area contributed by atoms with Gasteiger partial charge in [0.2, 0.25) is 0 Å². The Morgan fingerprint density at radius 3 is 1.28 bits per heavy atom. The monoisotopic (exact) mass is 720 g/mol. The Labute approximate surface area is 230 Å². The third kappa shape index (κ3) is 12.1. The van der Waals surface area contributed by atoms with E-state index < -0.39 is 58.6 Å². The molecule has 0 saturated carbocycles. The van der Waals surface area contributed by atoms with Crippen molar-refractivity contribution in [3.63, 3.8) is 0 Å². The standard InChI is InChI=1S/C11H9BrF6O.C7H3BrF4.C4H7F3O/c1-9(2,11(16,17)18)19-8-4-3-6(12)5-7(8)10(13,14)15;8-4-1-2-6(9)5(3-4)7(10,11)12;1-3(2,8)4(5,6)7/h3-5H,1-2H3;1-3H;8H,1-2H3. The highest BCUT2D eigenvalue weighted by Crippen LogP contribution is 2.42. The lowest BCUT2D eigenvalue weighted by atomic mass is 10.1. The second kappa shape index (κ2) is 12.8. The lowest BCUT2D eigenvalue weighted by molar-refractivity contribution is -0.245. The van der Waals surface area contributed by atoms with Crippen molar-refractivity contribution in [2.24, 2.45) is 0 Å². The molecule has 0 unspecified atom stereocenters. The van der Waals surface area contributed by atoms with Crippen LogP contribution < -0.4 is 4.74 Å². The molecule has 0 bridgehead atoms. The van der Waals surface area contributed by atoms with Gasteiger partial charge in [0.25, 0.3) is 0 Å². The summed E-state index contributed by atoms with van der Waals surface area (Å²) >= 11 is 5.65. The van der Waals surface area contributed by atoms with Crippen LogP contribution in [0.3, 0.4) is 0 Å². The molecule has 0 radical (unpaired) electrons. The summed E-state index contributed by atoms with van der Waals surface area (Å²) in [5, 5.41) is 8.23. The first-order valence-electron chi connectivity index (χ1n) is 9.94. The zero-order valence-corrected chi connectivity index (χ0v) is 23.2. The molecule has 2 rings (SSSR count). The van der Waals surface area contributed by atoms with E-state index in [0.29, 0.717) is 39.8 Å². The second-order valence-electron chi connectivity index (χ2n) is 8.43. The minimum atomic E-state index is -4.80. The van der Waals surface area contributed by atoms with E-state index >= 15 is 0 Å². The van der Waals surface area contributed by atoms with E-state index in [2.05, 4.69) is 36.6 Å². The van der Waals surface area contributed by atoms with Crippen LogP contribution in [0.1, 0.15) is 38.8 Å². The van der Waals surface area contributed by atoms with Gasteiger partial charge >= 0.3 is 24.7 Å². The summed E-state index contributed by atoms with van der Waals surface area (Å²) in [5.74, 6) is -2.12. The van der Waals surface area contributed by atoms with Crippen molar-refractivity contribution in [2.45, 2.75) is 63.6 Å². The molecule has 2 nitrogen and oxygen atoms in total. The number of alkyl halides is 12. The van der Waals surface area contributed by atoms with Crippen LogP contribution in [0.15, 0.2) is 45.3 Å². The number of aliphatic hydroxyl groups is 1. The first-order valence-corrected chi connectivity index (χ1v) is 11.5. The maximum atomic E-state index is 12.7. The van der Waals surface area contributed by atoms with E-state index in [1.54, 1.807) is 0 Å². The predicted octanol–water partition coefficient (Wildman–Crippen LogP) is 10.1. The molecule has 0 spiro atoms. The van der Waals surface area contributed by atoms with E-state index in [4.69, 9.17) is 5.11 Å². The lowest BCUT2D eigenvalue weighted by Gasteiger charge is -2.30. The maximum Gasteiger partial charge on any atom is 0.427 e. The summed E-state index contributed by atoms with van der Waals surface area (Å²) in [5.41, 5.74) is -7.80. The van der Waals surface area contributed by atoms with E-state index in [9.17, 15) is 57.1 Å². The number of halogens is 15. The normalized spacial score (nSPS) is 13.1. The van der Waals surface area contributed by atoms with Crippen LogP contribution in [0, 0.1) is 5.82 Å². The van der Waals surface area contributed by atoms with Gasteiger partial charge in [-0.2, -0.15) is 52.7 Å². The third-order valence-corrected chi connectivity index (χ3v) is 5.21. The smallest absolute Gasteiger partial charge is 0.427 e. The number of rotatable bonds is 2. The molecular formula is C22H19Br2F13O2. The fourth-order valence-electron chi connectivity index (χ4n) is 1.86. The molecule has 17 heteroatoms. The van der Waals surface area contributed by atoms with Crippen LogP contribution in [0.5, 0.6) is 5.75 Å². The van der Waals surface area contributed by atoms with E-state index in [0.717, 1.165) is 12.1 Å². The topological polar surface area (TPSA) is 29.5 Å². The third-order valence-electron chi connectivity index (χ3n) is 4.22. The Hall–Kier alpha value is -1.75. The number of ether oxygens (including phenoxy) is 1. The minimum absolute atomic E-state index is 0.0944. The summed E-state index contributed by atoms with van der Waals surface area (Å²) in [6, 6.07) is 5.38. The van der Waals surface area contributed by atoms with E-state index in [1.165, 1.54) is 12.1 Å². The van der Waals surface area contributed by atoms with Crippen molar-refractivity contribution in [2.75, 3.05) is 0 Å². The van der Waals surface area contributed by atoms with Crippen LogP contribution in [0.2, 0.25) is 0 Å². The second-order valence-corrected chi connectivity index (χ2v) is 10.3. The SMILES string of the molecule is CC(C)(O)C(F)(F)F.CC(C)(Oc1ccc(Br)cc1C(F)(F)F)C(F)(F)F.Fc1ccc(Br)cc1C(F)(F)F. The largest absolute Gasteiger partial charge is 0.478 e. The molecule has 2 aromatic rings. The molecule has 0 heterocycles. The van der Waals surface area contributed by atoms with Crippen molar-refractivity contribution >= 4 is 31.9 Å². The summed E-state index contributed by atoms with van der Waals surface area (Å²) in [6.07, 6.45) is -18.7. The molecule has 2 aromatic carbocycles. The molecule has 1 N–H and O–H groups in total. The predicted molar refractivity (Wildman–Crippen MR) is 121 cm³/mol. The molecule has 0 aromatic heterocycles. The number of benzene rings is 2. The Balaban J connectivity index is 0.000000616. The Kier molecular flexibility index (Phi) is 12.3. The molecule has 0 aliphatic carbocycles. The van der Waals surface area contributed by atoms with Crippen LogP contribution in [-0.2, 0) is 12.4 Å². The highest BCUT2D eigenvalue weighted by molar-refractivity contribution is 9.10. The molecule has 0 atom stereocenters. The van der Waals surface area contributed by atoms with Crippen molar-refractivity contribution in [3.05, 3.63) is 62.3 Å². The Morgan fingerprint density at radius 2 is 0.974 bits per heavy atom. The van der Waals surface area contributed by atoms with Gasteiger partial charge in [0.15, 0.2) is 11.2 Å². The Bertz CT molecular complexity index is 1070.